The van der Waals surface area contributed by atoms with Crippen molar-refractivity contribution in [3.63, 3.8) is 0 Å². The molecule has 4 aliphatic rings. The molecule has 4 saturated carbocycles. The van der Waals surface area contributed by atoms with Crippen molar-refractivity contribution in [1.82, 2.24) is 10.3 Å². The zero-order chi connectivity index (χ0) is 19.8. The number of nitrogens with zero attached hydrogens (tertiary/aromatic N) is 1. The molecule has 0 saturated heterocycles. The SMILES string of the molecule is O=C(NCc1ccc(NC(=O)C23CC4CC(CC(C4)C2)C3)cc1)c1cccnc1. The van der Waals surface area contributed by atoms with Gasteiger partial charge in [-0.2, -0.15) is 0 Å². The molecule has 4 aliphatic carbocycles. The quantitative estimate of drug-likeness (QED) is 0.806. The summed E-state index contributed by atoms with van der Waals surface area (Å²) < 4.78 is 0. The van der Waals surface area contributed by atoms with E-state index in [2.05, 4.69) is 15.6 Å². The molecule has 1 aromatic carbocycles. The summed E-state index contributed by atoms with van der Waals surface area (Å²) in [5.74, 6) is 2.36. The fourth-order valence-electron chi connectivity index (χ4n) is 6.14. The first-order chi connectivity index (χ1) is 14.1. The Morgan fingerprint density at radius 3 is 2.21 bits per heavy atom. The predicted octanol–water partition coefficient (Wildman–Crippen LogP) is 4.17. The molecule has 2 aromatic rings. The van der Waals surface area contributed by atoms with Crippen LogP contribution in [0, 0.1) is 23.2 Å². The number of aromatic nitrogens is 1. The van der Waals surface area contributed by atoms with Crippen LogP contribution < -0.4 is 10.6 Å². The van der Waals surface area contributed by atoms with E-state index in [0.29, 0.717) is 12.1 Å². The summed E-state index contributed by atoms with van der Waals surface area (Å²) in [5, 5.41) is 6.08. The van der Waals surface area contributed by atoms with Crippen molar-refractivity contribution in [2.45, 2.75) is 45.1 Å². The van der Waals surface area contributed by atoms with E-state index in [1.54, 1.807) is 24.5 Å². The minimum Gasteiger partial charge on any atom is -0.348 e. The minimum atomic E-state index is -0.141. The van der Waals surface area contributed by atoms with Gasteiger partial charge in [0.15, 0.2) is 0 Å². The molecule has 0 radical (unpaired) electrons. The van der Waals surface area contributed by atoms with Gasteiger partial charge in [-0.25, -0.2) is 0 Å². The van der Waals surface area contributed by atoms with Crippen LogP contribution in [0.5, 0.6) is 0 Å². The molecule has 5 heteroatoms. The Morgan fingerprint density at radius 2 is 1.62 bits per heavy atom. The zero-order valence-electron chi connectivity index (χ0n) is 16.6. The molecule has 0 spiro atoms. The molecule has 2 N–H and O–H groups in total. The Balaban J connectivity index is 1.19. The Morgan fingerprint density at radius 1 is 0.966 bits per heavy atom. The summed E-state index contributed by atoms with van der Waals surface area (Å²) in [7, 11) is 0. The van der Waals surface area contributed by atoms with E-state index in [4.69, 9.17) is 0 Å². The van der Waals surface area contributed by atoms with Crippen molar-refractivity contribution in [2.75, 3.05) is 5.32 Å². The highest BCUT2D eigenvalue weighted by atomic mass is 16.2. The lowest BCUT2D eigenvalue weighted by atomic mass is 9.49. The van der Waals surface area contributed by atoms with E-state index >= 15 is 0 Å². The Kier molecular flexibility index (Phi) is 4.61. The first kappa shape index (κ1) is 18.3. The van der Waals surface area contributed by atoms with Gasteiger partial charge in [-0.05, 0) is 86.1 Å². The number of amides is 2. The topological polar surface area (TPSA) is 71.1 Å². The second-order valence-electron chi connectivity index (χ2n) is 9.27. The van der Waals surface area contributed by atoms with Gasteiger partial charge in [0, 0.05) is 24.6 Å². The van der Waals surface area contributed by atoms with Crippen LogP contribution in [0.15, 0.2) is 48.8 Å². The summed E-state index contributed by atoms with van der Waals surface area (Å²) >= 11 is 0. The Hall–Kier alpha value is -2.69. The van der Waals surface area contributed by atoms with Crippen molar-refractivity contribution < 1.29 is 9.59 Å². The highest BCUT2D eigenvalue weighted by molar-refractivity contribution is 5.96. The molecule has 2 amide bonds. The lowest BCUT2D eigenvalue weighted by Crippen LogP contribution is -2.51. The van der Waals surface area contributed by atoms with Crippen LogP contribution in [-0.2, 0) is 11.3 Å². The maximum atomic E-state index is 13.1. The van der Waals surface area contributed by atoms with Crippen molar-refractivity contribution >= 4 is 17.5 Å². The van der Waals surface area contributed by atoms with Crippen LogP contribution in [0.3, 0.4) is 0 Å². The van der Waals surface area contributed by atoms with E-state index in [1.807, 2.05) is 24.3 Å². The summed E-state index contributed by atoms with van der Waals surface area (Å²) in [5.41, 5.74) is 2.25. The molecular weight excluding hydrogens is 362 g/mol. The highest BCUT2D eigenvalue weighted by Crippen LogP contribution is 2.60. The van der Waals surface area contributed by atoms with Crippen LogP contribution in [0.1, 0.15) is 54.4 Å². The number of benzene rings is 1. The minimum absolute atomic E-state index is 0.134. The Bertz CT molecular complexity index is 872. The molecule has 4 fully saturated rings. The monoisotopic (exact) mass is 389 g/mol. The van der Waals surface area contributed by atoms with E-state index in [1.165, 1.54) is 19.3 Å². The van der Waals surface area contributed by atoms with Crippen molar-refractivity contribution in [1.29, 1.82) is 0 Å². The number of carbonyl (C=O) groups is 2. The summed E-state index contributed by atoms with van der Waals surface area (Å²) in [6.07, 6.45) is 10.4. The molecule has 4 bridgehead atoms. The van der Waals surface area contributed by atoms with Crippen molar-refractivity contribution in [3.8, 4) is 0 Å². The second-order valence-corrected chi connectivity index (χ2v) is 9.27. The number of hydrogen-bond acceptors (Lipinski definition) is 3. The molecular formula is C24H27N3O2. The van der Waals surface area contributed by atoms with E-state index in [-0.39, 0.29) is 17.2 Å². The third-order valence-electron chi connectivity index (χ3n) is 7.11. The largest absolute Gasteiger partial charge is 0.348 e. The number of anilines is 1. The average Bonchev–Trinajstić information content (AvgIpc) is 2.72. The average molecular weight is 389 g/mol. The van der Waals surface area contributed by atoms with Crippen LogP contribution in [0.25, 0.3) is 0 Å². The van der Waals surface area contributed by atoms with Crippen LogP contribution >= 0.6 is 0 Å². The highest BCUT2D eigenvalue weighted by Gasteiger charge is 2.54. The Labute approximate surface area is 171 Å². The molecule has 150 valence electrons. The first-order valence-electron chi connectivity index (χ1n) is 10.7. The predicted molar refractivity (Wildman–Crippen MR) is 111 cm³/mol. The van der Waals surface area contributed by atoms with Crippen molar-refractivity contribution in [3.05, 3.63) is 59.9 Å². The van der Waals surface area contributed by atoms with E-state index < -0.39 is 0 Å². The van der Waals surface area contributed by atoms with Gasteiger partial charge >= 0.3 is 0 Å². The molecule has 5 nitrogen and oxygen atoms in total. The molecule has 1 aromatic heterocycles. The maximum absolute atomic E-state index is 13.1. The molecule has 0 aliphatic heterocycles. The van der Waals surface area contributed by atoms with Crippen LogP contribution in [0.4, 0.5) is 5.69 Å². The lowest BCUT2D eigenvalue weighted by molar-refractivity contribution is -0.140. The van der Waals surface area contributed by atoms with Gasteiger partial charge in [0.2, 0.25) is 5.91 Å². The number of carbonyl (C=O) groups excluding carboxylic acids is 2. The van der Waals surface area contributed by atoms with Gasteiger partial charge < -0.3 is 10.6 Å². The fourth-order valence-corrected chi connectivity index (χ4v) is 6.14. The number of hydrogen-bond donors (Lipinski definition) is 2. The van der Waals surface area contributed by atoms with E-state index in [9.17, 15) is 9.59 Å². The third kappa shape index (κ3) is 3.66. The summed E-state index contributed by atoms with van der Waals surface area (Å²) in [6.45, 7) is 0.441. The second kappa shape index (κ2) is 7.29. The van der Waals surface area contributed by atoms with Crippen LogP contribution in [-0.4, -0.2) is 16.8 Å². The van der Waals surface area contributed by atoms with Gasteiger partial charge in [0.05, 0.1) is 11.0 Å². The molecule has 1 heterocycles. The van der Waals surface area contributed by atoms with Gasteiger partial charge in [0.25, 0.3) is 5.91 Å². The summed E-state index contributed by atoms with van der Waals surface area (Å²) in [6, 6.07) is 11.3. The first-order valence-corrected chi connectivity index (χ1v) is 10.7. The van der Waals surface area contributed by atoms with Crippen LogP contribution in [0.2, 0.25) is 0 Å². The normalized spacial score (nSPS) is 29.4. The molecule has 0 atom stereocenters. The van der Waals surface area contributed by atoms with Crippen molar-refractivity contribution in [2.24, 2.45) is 23.2 Å². The van der Waals surface area contributed by atoms with Gasteiger partial charge in [-0.1, -0.05) is 12.1 Å². The van der Waals surface area contributed by atoms with Gasteiger partial charge in [-0.3, -0.25) is 14.6 Å². The molecule has 29 heavy (non-hydrogen) atoms. The number of rotatable bonds is 5. The van der Waals surface area contributed by atoms with Gasteiger partial charge in [-0.15, -0.1) is 0 Å². The van der Waals surface area contributed by atoms with E-state index in [0.717, 1.165) is 48.3 Å². The fraction of sp³-hybridized carbons (Fsp3) is 0.458. The zero-order valence-corrected chi connectivity index (χ0v) is 16.6. The number of nitrogens with one attached hydrogen (secondary N) is 2. The standard InChI is InChI=1S/C24H27N3O2/c28-22(20-2-1-7-25-15-20)26-14-16-3-5-21(6-4-16)27-23(29)24-11-17-8-18(12-24)10-19(9-17)13-24/h1-7,15,17-19H,8-14H2,(H,26,28)(H,27,29). The van der Waals surface area contributed by atoms with Gasteiger partial charge in [0.1, 0.15) is 0 Å². The number of pyridine rings is 1. The molecule has 6 rings (SSSR count). The smallest absolute Gasteiger partial charge is 0.253 e. The molecule has 0 unspecified atom stereocenters. The maximum Gasteiger partial charge on any atom is 0.253 e. The third-order valence-corrected chi connectivity index (χ3v) is 7.11. The lowest BCUT2D eigenvalue weighted by Gasteiger charge is -2.55. The summed E-state index contributed by atoms with van der Waals surface area (Å²) in [4.78, 5) is 29.2.